The zero-order valence-electron chi connectivity index (χ0n) is 30.3. The number of benzene rings is 2. The molecule has 3 aromatic rings. The molecule has 1 aliphatic heterocycles. The van der Waals surface area contributed by atoms with Gasteiger partial charge >= 0.3 is 35.5 Å². The van der Waals surface area contributed by atoms with E-state index >= 15 is 0 Å². The van der Waals surface area contributed by atoms with E-state index in [1.54, 1.807) is 30.3 Å². The largest absolute Gasteiger partial charge is 0.489 e. The molecular weight excluding hydrogens is 696 g/mol. The van der Waals surface area contributed by atoms with E-state index < -0.39 is 78.5 Å². The summed E-state index contributed by atoms with van der Waals surface area (Å²) in [6.45, 7) is 6.38. The van der Waals surface area contributed by atoms with E-state index in [9.17, 15) is 28.8 Å². The molecule has 53 heavy (non-hydrogen) atoms. The van der Waals surface area contributed by atoms with E-state index in [1.165, 1.54) is 18.2 Å². The van der Waals surface area contributed by atoms with Crippen molar-refractivity contribution < 1.29 is 66.3 Å². The second kappa shape index (κ2) is 19.4. The summed E-state index contributed by atoms with van der Waals surface area (Å²) in [5.74, 6) is -4.26. The minimum absolute atomic E-state index is 0.00654. The van der Waals surface area contributed by atoms with Crippen molar-refractivity contribution in [2.75, 3.05) is 13.2 Å². The first-order chi connectivity index (χ1) is 25.4. The molecule has 15 nitrogen and oxygen atoms in total. The van der Waals surface area contributed by atoms with Gasteiger partial charge in [0.25, 0.3) is 5.75 Å². The van der Waals surface area contributed by atoms with Crippen LogP contribution < -0.4 is 19.8 Å². The van der Waals surface area contributed by atoms with Crippen molar-refractivity contribution in [3.8, 4) is 17.2 Å². The van der Waals surface area contributed by atoms with Gasteiger partial charge in [0.2, 0.25) is 12.4 Å². The highest BCUT2D eigenvalue weighted by Crippen LogP contribution is 2.37. The second-order valence-corrected chi connectivity index (χ2v) is 12.3. The van der Waals surface area contributed by atoms with Crippen molar-refractivity contribution in [2.45, 2.75) is 104 Å². The molecule has 0 N–H and O–H groups in total. The zero-order chi connectivity index (χ0) is 38.5. The van der Waals surface area contributed by atoms with Crippen LogP contribution in [0.1, 0.15) is 83.5 Å². The van der Waals surface area contributed by atoms with Gasteiger partial charge < -0.3 is 42.3 Å². The van der Waals surface area contributed by atoms with Crippen LogP contribution in [-0.2, 0) is 42.9 Å². The average Bonchev–Trinajstić information content (AvgIpc) is 3.10. The number of carbonyl (C=O) groups excluding carboxylic acids is 5. The monoisotopic (exact) mass is 740 g/mol. The fourth-order valence-electron chi connectivity index (χ4n) is 5.64. The van der Waals surface area contributed by atoms with E-state index in [0.29, 0.717) is 6.42 Å². The van der Waals surface area contributed by atoms with Crippen LogP contribution in [0.5, 0.6) is 17.2 Å². The normalized spacial score (nSPS) is 19.5. The smallest absolute Gasteiger partial charge is 0.383 e. The van der Waals surface area contributed by atoms with Gasteiger partial charge in [-0.05, 0) is 30.7 Å². The lowest BCUT2D eigenvalue weighted by Crippen LogP contribution is -2.63. The number of ether oxygens (including phenoxy) is 8. The number of unbranched alkanes of at least 4 members (excludes halogenated alkanes) is 5. The van der Waals surface area contributed by atoms with Crippen molar-refractivity contribution in [3.05, 3.63) is 64.5 Å². The summed E-state index contributed by atoms with van der Waals surface area (Å²) in [6, 6.07) is 12.4. The van der Waals surface area contributed by atoms with E-state index in [-0.39, 0.29) is 34.6 Å². The van der Waals surface area contributed by atoms with Gasteiger partial charge in [0, 0.05) is 33.8 Å². The molecule has 2 aromatic carbocycles. The standard InChI is InChI=1S/C38H44O15/c1-6-7-8-9-10-14-19-45-31-28-18-17-27(20-29(28)51-37(44)34(31)53-36(43)26-15-12-11-13-16-26)50-38-35(49-25(5)42)33(48-24(4)41)32(47-23(3)40)30(52-38)21-46-22(2)39/h11-13,15-18,20,30,32-33,35,38H,6-10,14,19,21H2,1-5H3/t30-,32-,33+,35+,38+/m1/s1. The molecule has 1 saturated heterocycles. The predicted molar refractivity (Wildman–Crippen MR) is 185 cm³/mol. The summed E-state index contributed by atoms with van der Waals surface area (Å²) in [4.78, 5) is 74.5. The highest BCUT2D eigenvalue weighted by molar-refractivity contribution is 5.93. The SMILES string of the molecule is CCCCCCCCOc1c(OC(=O)c2ccccc2)c(=O)oc2cc(O[C@H]3O[C@H](COC(C)=O)[C@@H](OC(C)=O)[C@H](OC(C)=O)[C@@H]3OC(C)=O)ccc12. The Morgan fingerprint density at radius 1 is 0.717 bits per heavy atom. The van der Waals surface area contributed by atoms with Crippen molar-refractivity contribution in [1.29, 1.82) is 0 Å². The lowest BCUT2D eigenvalue weighted by molar-refractivity contribution is -0.288. The Bertz CT molecular complexity index is 1800. The molecule has 0 radical (unpaired) electrons. The molecule has 1 aromatic heterocycles. The first kappa shape index (κ1) is 40.3. The molecule has 0 bridgehead atoms. The Hall–Kier alpha value is -5.44. The van der Waals surface area contributed by atoms with Crippen molar-refractivity contribution in [1.82, 2.24) is 0 Å². The van der Waals surface area contributed by atoms with Gasteiger partial charge in [-0.3, -0.25) is 19.2 Å². The molecule has 15 heteroatoms. The van der Waals surface area contributed by atoms with Crippen LogP contribution in [0.15, 0.2) is 57.7 Å². The Morgan fingerprint density at radius 3 is 2.02 bits per heavy atom. The fraction of sp³-hybridized carbons (Fsp3) is 0.474. The lowest BCUT2D eigenvalue weighted by Gasteiger charge is -2.43. The zero-order valence-corrected chi connectivity index (χ0v) is 30.3. The van der Waals surface area contributed by atoms with Crippen LogP contribution in [0.25, 0.3) is 11.0 Å². The van der Waals surface area contributed by atoms with Crippen molar-refractivity contribution in [2.24, 2.45) is 0 Å². The van der Waals surface area contributed by atoms with Crippen LogP contribution in [-0.4, -0.2) is 73.8 Å². The quantitative estimate of drug-likeness (QED) is 0.0758. The topological polar surface area (TPSA) is 189 Å². The van der Waals surface area contributed by atoms with Gasteiger partial charge in [0.05, 0.1) is 17.6 Å². The maximum Gasteiger partial charge on any atom is 0.383 e. The number of fused-ring (bicyclic) bond motifs is 1. The Morgan fingerprint density at radius 2 is 1.36 bits per heavy atom. The molecule has 5 atom stereocenters. The van der Waals surface area contributed by atoms with Gasteiger partial charge in [-0.2, -0.15) is 0 Å². The number of esters is 5. The van der Waals surface area contributed by atoms with E-state index in [0.717, 1.165) is 59.8 Å². The summed E-state index contributed by atoms with van der Waals surface area (Å²) < 4.78 is 50.8. The molecule has 4 rings (SSSR count). The number of hydrogen-bond donors (Lipinski definition) is 0. The van der Waals surface area contributed by atoms with Crippen LogP contribution in [0.2, 0.25) is 0 Å². The number of hydrogen-bond acceptors (Lipinski definition) is 15. The van der Waals surface area contributed by atoms with Gasteiger partial charge in [0.1, 0.15) is 24.0 Å². The molecule has 1 fully saturated rings. The Balaban J connectivity index is 1.70. The Labute approximate surface area is 305 Å². The third-order valence-electron chi connectivity index (χ3n) is 7.94. The molecule has 1 aliphatic rings. The van der Waals surface area contributed by atoms with E-state index in [2.05, 4.69) is 6.92 Å². The van der Waals surface area contributed by atoms with Gasteiger partial charge in [-0.15, -0.1) is 0 Å². The summed E-state index contributed by atoms with van der Waals surface area (Å²) in [6.07, 6.45) is -1.17. The minimum atomic E-state index is -1.53. The maximum atomic E-state index is 13.4. The summed E-state index contributed by atoms with van der Waals surface area (Å²) >= 11 is 0. The van der Waals surface area contributed by atoms with E-state index in [4.69, 9.17) is 42.3 Å². The molecule has 0 amide bonds. The van der Waals surface area contributed by atoms with E-state index in [1.807, 2.05) is 0 Å². The first-order valence-electron chi connectivity index (χ1n) is 17.4. The summed E-state index contributed by atoms with van der Waals surface area (Å²) in [5, 5.41) is 0.278. The maximum absolute atomic E-state index is 13.4. The summed E-state index contributed by atoms with van der Waals surface area (Å²) in [7, 11) is 0. The highest BCUT2D eigenvalue weighted by Gasteiger charge is 2.53. The van der Waals surface area contributed by atoms with Crippen LogP contribution in [0.3, 0.4) is 0 Å². The molecular formula is C38H44O15. The number of carbonyl (C=O) groups is 5. The molecule has 0 unspecified atom stereocenters. The molecule has 0 spiro atoms. The fourth-order valence-corrected chi connectivity index (χ4v) is 5.64. The predicted octanol–water partition coefficient (Wildman–Crippen LogP) is 5.21. The molecule has 286 valence electrons. The van der Waals surface area contributed by atoms with Crippen molar-refractivity contribution in [3.63, 3.8) is 0 Å². The molecule has 0 saturated carbocycles. The Kier molecular flexibility index (Phi) is 14.8. The third kappa shape index (κ3) is 11.5. The molecule has 0 aliphatic carbocycles. The van der Waals surface area contributed by atoms with Gasteiger partial charge in [0.15, 0.2) is 18.0 Å². The molecule has 2 heterocycles. The van der Waals surface area contributed by atoms with Crippen LogP contribution in [0.4, 0.5) is 0 Å². The second-order valence-electron chi connectivity index (χ2n) is 12.3. The third-order valence-corrected chi connectivity index (χ3v) is 7.94. The van der Waals surface area contributed by atoms with Crippen LogP contribution in [0, 0.1) is 0 Å². The van der Waals surface area contributed by atoms with Gasteiger partial charge in [-0.1, -0.05) is 57.2 Å². The minimum Gasteiger partial charge on any atom is -0.489 e. The highest BCUT2D eigenvalue weighted by atomic mass is 16.7. The number of rotatable bonds is 17. The van der Waals surface area contributed by atoms with Gasteiger partial charge in [-0.25, -0.2) is 9.59 Å². The summed E-state index contributed by atoms with van der Waals surface area (Å²) in [5.41, 5.74) is -0.804. The average molecular weight is 741 g/mol. The van der Waals surface area contributed by atoms with Crippen molar-refractivity contribution >= 4 is 40.8 Å². The lowest BCUT2D eigenvalue weighted by atomic mass is 9.98. The first-order valence-corrected chi connectivity index (χ1v) is 17.4. The van der Waals surface area contributed by atoms with Crippen LogP contribution >= 0.6 is 0 Å².